The van der Waals surface area contributed by atoms with Crippen molar-refractivity contribution in [1.82, 2.24) is 0 Å². The van der Waals surface area contributed by atoms with Crippen molar-refractivity contribution in [3.8, 4) is 0 Å². The van der Waals surface area contributed by atoms with Crippen molar-refractivity contribution in [1.29, 1.82) is 0 Å². The van der Waals surface area contributed by atoms with Crippen LogP contribution in [0.1, 0.15) is 32.1 Å². The summed E-state index contributed by atoms with van der Waals surface area (Å²) in [7, 11) is 1.87. The predicted octanol–water partition coefficient (Wildman–Crippen LogP) is 3.08. The van der Waals surface area contributed by atoms with Crippen LogP contribution in [0.15, 0.2) is 24.3 Å². The molecule has 0 heterocycles. The highest BCUT2D eigenvalue weighted by molar-refractivity contribution is 5.34. The third-order valence-corrected chi connectivity index (χ3v) is 4.72. The number of allylic oxidation sites excluding steroid dienone is 3. The van der Waals surface area contributed by atoms with Gasteiger partial charge in [-0.25, -0.2) is 0 Å². The fourth-order valence-electron chi connectivity index (χ4n) is 3.92. The first-order chi connectivity index (χ1) is 6.83. The van der Waals surface area contributed by atoms with E-state index in [1.54, 1.807) is 0 Å². The SMILES string of the molecule is CO[C@@H]1C[C@]23C=CC=C[C@]12CCCC3. The summed E-state index contributed by atoms with van der Waals surface area (Å²) < 4.78 is 5.63. The Morgan fingerprint density at radius 2 is 1.93 bits per heavy atom. The van der Waals surface area contributed by atoms with Gasteiger partial charge >= 0.3 is 0 Å². The summed E-state index contributed by atoms with van der Waals surface area (Å²) in [6, 6.07) is 0. The van der Waals surface area contributed by atoms with Gasteiger partial charge in [0, 0.05) is 17.9 Å². The average Bonchev–Trinajstić information content (AvgIpc) is 2.21. The van der Waals surface area contributed by atoms with Crippen LogP contribution >= 0.6 is 0 Å². The van der Waals surface area contributed by atoms with E-state index >= 15 is 0 Å². The Kier molecular flexibility index (Phi) is 1.70. The fraction of sp³-hybridized carbons (Fsp3) is 0.692. The number of rotatable bonds is 1. The lowest BCUT2D eigenvalue weighted by Crippen LogP contribution is -2.62. The van der Waals surface area contributed by atoms with Crippen LogP contribution in [-0.2, 0) is 4.74 Å². The zero-order valence-electron chi connectivity index (χ0n) is 8.83. The monoisotopic (exact) mass is 190 g/mol. The minimum Gasteiger partial charge on any atom is -0.380 e. The molecule has 0 N–H and O–H groups in total. The van der Waals surface area contributed by atoms with E-state index in [-0.39, 0.29) is 0 Å². The van der Waals surface area contributed by atoms with Crippen molar-refractivity contribution < 1.29 is 4.74 Å². The molecule has 3 aliphatic carbocycles. The lowest BCUT2D eigenvalue weighted by Gasteiger charge is -2.65. The minimum atomic E-state index is 0.370. The molecule has 2 fully saturated rings. The number of hydrogen-bond donors (Lipinski definition) is 0. The minimum absolute atomic E-state index is 0.370. The lowest BCUT2D eigenvalue weighted by atomic mass is 9.41. The molecule has 0 unspecified atom stereocenters. The van der Waals surface area contributed by atoms with Crippen LogP contribution in [0.3, 0.4) is 0 Å². The van der Waals surface area contributed by atoms with Gasteiger partial charge in [0.2, 0.25) is 0 Å². The van der Waals surface area contributed by atoms with Crippen LogP contribution in [0.2, 0.25) is 0 Å². The Labute approximate surface area is 85.8 Å². The van der Waals surface area contributed by atoms with Gasteiger partial charge in [0.1, 0.15) is 0 Å². The smallest absolute Gasteiger partial charge is 0.0679 e. The highest BCUT2D eigenvalue weighted by Crippen LogP contribution is 2.67. The third-order valence-electron chi connectivity index (χ3n) is 4.72. The maximum Gasteiger partial charge on any atom is 0.0679 e. The average molecular weight is 190 g/mol. The van der Waals surface area contributed by atoms with Crippen LogP contribution in [-0.4, -0.2) is 13.2 Å². The Bertz CT molecular complexity index is 304. The quantitative estimate of drug-likeness (QED) is 0.617. The summed E-state index contributed by atoms with van der Waals surface area (Å²) in [5, 5.41) is 0. The maximum atomic E-state index is 5.63. The predicted molar refractivity (Wildman–Crippen MR) is 57.0 cm³/mol. The second-order valence-electron chi connectivity index (χ2n) is 5.05. The van der Waals surface area contributed by atoms with Crippen molar-refractivity contribution in [2.24, 2.45) is 10.8 Å². The summed E-state index contributed by atoms with van der Waals surface area (Å²) in [6.07, 6.45) is 16.5. The molecule has 0 radical (unpaired) electrons. The largest absolute Gasteiger partial charge is 0.380 e. The topological polar surface area (TPSA) is 9.23 Å². The van der Waals surface area contributed by atoms with E-state index in [9.17, 15) is 0 Å². The molecule has 76 valence electrons. The number of ether oxygens (including phenoxy) is 1. The van der Waals surface area contributed by atoms with Gasteiger partial charge in [-0.15, -0.1) is 0 Å². The van der Waals surface area contributed by atoms with E-state index in [4.69, 9.17) is 4.74 Å². The van der Waals surface area contributed by atoms with Crippen LogP contribution in [0.5, 0.6) is 0 Å². The van der Waals surface area contributed by atoms with Crippen LogP contribution in [0, 0.1) is 10.8 Å². The van der Waals surface area contributed by atoms with Gasteiger partial charge in [0.05, 0.1) is 6.10 Å². The maximum absolute atomic E-state index is 5.63. The van der Waals surface area contributed by atoms with E-state index in [2.05, 4.69) is 24.3 Å². The Morgan fingerprint density at radius 1 is 1.14 bits per heavy atom. The molecule has 3 atom stereocenters. The summed E-state index contributed by atoms with van der Waals surface area (Å²) in [4.78, 5) is 0. The van der Waals surface area contributed by atoms with Gasteiger partial charge in [0.15, 0.2) is 0 Å². The first-order valence-electron chi connectivity index (χ1n) is 5.73. The molecular formula is C13H18O. The van der Waals surface area contributed by atoms with Crippen molar-refractivity contribution in [3.63, 3.8) is 0 Å². The summed E-state index contributed by atoms with van der Waals surface area (Å²) >= 11 is 0. The van der Waals surface area contributed by atoms with Gasteiger partial charge in [-0.1, -0.05) is 37.1 Å². The molecule has 0 saturated heterocycles. The lowest BCUT2D eigenvalue weighted by molar-refractivity contribution is -0.174. The van der Waals surface area contributed by atoms with Crippen LogP contribution < -0.4 is 0 Å². The molecule has 0 spiro atoms. The number of hydrogen-bond acceptors (Lipinski definition) is 1. The summed E-state index contributed by atoms with van der Waals surface area (Å²) in [6.45, 7) is 0. The Balaban J connectivity index is 2.00. The fourth-order valence-corrected chi connectivity index (χ4v) is 3.92. The van der Waals surface area contributed by atoms with E-state index in [0.29, 0.717) is 16.9 Å². The summed E-state index contributed by atoms with van der Waals surface area (Å²) in [5.74, 6) is 0. The molecule has 0 aromatic rings. The molecule has 3 rings (SSSR count). The van der Waals surface area contributed by atoms with E-state index in [1.807, 2.05) is 7.11 Å². The van der Waals surface area contributed by atoms with Gasteiger partial charge in [-0.05, 0) is 19.3 Å². The van der Waals surface area contributed by atoms with Crippen LogP contribution in [0.4, 0.5) is 0 Å². The van der Waals surface area contributed by atoms with Crippen molar-refractivity contribution in [2.45, 2.75) is 38.2 Å². The highest BCUT2D eigenvalue weighted by atomic mass is 16.5. The first-order valence-corrected chi connectivity index (χ1v) is 5.73. The molecule has 0 aromatic heterocycles. The standard InChI is InChI=1S/C13H18O/c1-14-11-10-12-6-2-4-8-13(11,12)9-5-3-7-12/h2,4,6,8,11H,3,5,7,9-10H2,1H3/t11-,12-,13+/m1/s1. The second kappa shape index (κ2) is 2.73. The van der Waals surface area contributed by atoms with E-state index in [0.717, 1.165) is 0 Å². The van der Waals surface area contributed by atoms with E-state index in [1.165, 1.54) is 32.1 Å². The Hall–Kier alpha value is -0.560. The Morgan fingerprint density at radius 3 is 2.79 bits per heavy atom. The first kappa shape index (κ1) is 8.72. The second-order valence-corrected chi connectivity index (χ2v) is 5.05. The molecule has 0 amide bonds. The zero-order chi connectivity index (χ0) is 9.65. The number of methoxy groups -OCH3 is 1. The molecule has 0 aromatic carbocycles. The molecule has 0 aliphatic heterocycles. The molecule has 2 saturated carbocycles. The van der Waals surface area contributed by atoms with Crippen molar-refractivity contribution >= 4 is 0 Å². The van der Waals surface area contributed by atoms with Gasteiger partial charge in [0.25, 0.3) is 0 Å². The van der Waals surface area contributed by atoms with Gasteiger partial charge in [-0.3, -0.25) is 0 Å². The van der Waals surface area contributed by atoms with Crippen LogP contribution in [0.25, 0.3) is 0 Å². The van der Waals surface area contributed by atoms with Gasteiger partial charge < -0.3 is 4.74 Å². The van der Waals surface area contributed by atoms with Crippen molar-refractivity contribution in [2.75, 3.05) is 7.11 Å². The van der Waals surface area contributed by atoms with Crippen molar-refractivity contribution in [3.05, 3.63) is 24.3 Å². The third kappa shape index (κ3) is 0.802. The molecular weight excluding hydrogens is 172 g/mol. The molecule has 0 bridgehead atoms. The molecule has 1 heteroatoms. The normalized spacial score (nSPS) is 49.4. The molecule has 3 aliphatic rings. The highest BCUT2D eigenvalue weighted by Gasteiger charge is 2.63. The molecule has 1 nitrogen and oxygen atoms in total. The van der Waals surface area contributed by atoms with Gasteiger partial charge in [-0.2, -0.15) is 0 Å². The molecule has 14 heavy (non-hydrogen) atoms. The van der Waals surface area contributed by atoms with E-state index < -0.39 is 0 Å². The zero-order valence-corrected chi connectivity index (χ0v) is 8.83. The summed E-state index contributed by atoms with van der Waals surface area (Å²) in [5.41, 5.74) is 0.843.